The van der Waals surface area contributed by atoms with Crippen molar-refractivity contribution in [2.24, 2.45) is 0 Å². The molecule has 0 radical (unpaired) electrons. The fourth-order valence-corrected chi connectivity index (χ4v) is 3.47. The number of amides is 1. The van der Waals surface area contributed by atoms with E-state index >= 15 is 0 Å². The molecule has 1 heterocycles. The molecule has 0 bridgehead atoms. The number of thioether (sulfide) groups is 1. The molecule has 0 saturated carbocycles. The van der Waals surface area contributed by atoms with Crippen molar-refractivity contribution in [2.75, 3.05) is 5.32 Å². The number of nitrogens with zero attached hydrogens (tertiary/aromatic N) is 2. The monoisotopic (exact) mass is 341 g/mol. The Morgan fingerprint density at radius 2 is 1.95 bits per heavy atom. The van der Waals surface area contributed by atoms with Gasteiger partial charge in [-0.15, -0.1) is 10.2 Å². The molecule has 1 atom stereocenters. The number of carbonyl (C=O) groups is 1. The van der Waals surface area contributed by atoms with Crippen LogP contribution < -0.4 is 10.1 Å². The standard InChI is InChI=1S/C14H16FN3O2S2/c1-8(2)21-14-18-17-13(22-14)16-12(19)9(3)20-11-6-4-10(15)5-7-11/h4-9H,1-3H3,(H,16,17,19)/t9-/m0/s1. The number of carbonyl (C=O) groups excluding carboxylic acids is 1. The summed E-state index contributed by atoms with van der Waals surface area (Å²) in [7, 11) is 0. The van der Waals surface area contributed by atoms with Crippen molar-refractivity contribution in [3.63, 3.8) is 0 Å². The van der Waals surface area contributed by atoms with Gasteiger partial charge in [-0.2, -0.15) is 0 Å². The highest BCUT2D eigenvalue weighted by molar-refractivity contribution is 8.01. The number of nitrogens with one attached hydrogen (secondary N) is 1. The van der Waals surface area contributed by atoms with E-state index in [2.05, 4.69) is 29.4 Å². The first-order chi connectivity index (χ1) is 10.4. The lowest BCUT2D eigenvalue weighted by atomic mass is 10.3. The minimum atomic E-state index is -0.726. The van der Waals surface area contributed by atoms with Crippen molar-refractivity contribution in [2.45, 2.75) is 36.5 Å². The Kier molecular flexibility index (Phi) is 5.73. The highest BCUT2D eigenvalue weighted by Gasteiger charge is 2.17. The van der Waals surface area contributed by atoms with E-state index in [1.165, 1.54) is 35.6 Å². The molecule has 0 aliphatic carbocycles. The third-order valence-corrected chi connectivity index (χ3v) is 4.40. The lowest BCUT2D eigenvalue weighted by molar-refractivity contribution is -0.122. The van der Waals surface area contributed by atoms with Crippen LogP contribution in [0.2, 0.25) is 0 Å². The topological polar surface area (TPSA) is 64.1 Å². The number of hydrogen-bond donors (Lipinski definition) is 1. The minimum Gasteiger partial charge on any atom is -0.481 e. The molecule has 1 aromatic carbocycles. The van der Waals surface area contributed by atoms with E-state index in [0.717, 1.165) is 4.34 Å². The third-order valence-electron chi connectivity index (χ3n) is 2.47. The van der Waals surface area contributed by atoms with Gasteiger partial charge >= 0.3 is 0 Å². The summed E-state index contributed by atoms with van der Waals surface area (Å²) in [5.41, 5.74) is 0. The number of benzene rings is 1. The summed E-state index contributed by atoms with van der Waals surface area (Å²) in [5.74, 6) is -0.257. The summed E-state index contributed by atoms with van der Waals surface area (Å²) in [5, 5.41) is 11.4. The Morgan fingerprint density at radius 3 is 2.59 bits per heavy atom. The van der Waals surface area contributed by atoms with Gasteiger partial charge in [0.1, 0.15) is 11.6 Å². The number of halogens is 1. The van der Waals surface area contributed by atoms with Crippen molar-refractivity contribution in [3.05, 3.63) is 30.1 Å². The number of hydrogen-bond acceptors (Lipinski definition) is 6. The SMILES string of the molecule is CC(C)Sc1nnc(NC(=O)[C@H](C)Oc2ccc(F)cc2)s1. The minimum absolute atomic E-state index is 0.332. The number of anilines is 1. The van der Waals surface area contributed by atoms with Crippen LogP contribution in [0.15, 0.2) is 28.6 Å². The van der Waals surface area contributed by atoms with Gasteiger partial charge in [0.05, 0.1) is 0 Å². The summed E-state index contributed by atoms with van der Waals surface area (Å²) in [4.78, 5) is 12.0. The molecule has 2 rings (SSSR count). The first-order valence-corrected chi connectivity index (χ1v) is 8.37. The predicted molar refractivity (Wildman–Crippen MR) is 86.0 cm³/mol. The van der Waals surface area contributed by atoms with E-state index in [4.69, 9.17) is 4.74 Å². The summed E-state index contributed by atoms with van der Waals surface area (Å²) < 4.78 is 19.1. The average molecular weight is 341 g/mol. The molecule has 22 heavy (non-hydrogen) atoms. The molecular formula is C14H16FN3O2S2. The van der Waals surface area contributed by atoms with Crippen LogP contribution in [0.25, 0.3) is 0 Å². The van der Waals surface area contributed by atoms with E-state index in [1.807, 2.05) is 0 Å². The number of ether oxygens (including phenoxy) is 1. The molecule has 1 aromatic heterocycles. The van der Waals surface area contributed by atoms with E-state index in [-0.39, 0.29) is 11.7 Å². The largest absolute Gasteiger partial charge is 0.481 e. The molecule has 1 N–H and O–H groups in total. The second kappa shape index (κ2) is 7.55. The van der Waals surface area contributed by atoms with Crippen LogP contribution in [0, 0.1) is 5.82 Å². The maximum Gasteiger partial charge on any atom is 0.266 e. The zero-order valence-electron chi connectivity index (χ0n) is 12.4. The molecular weight excluding hydrogens is 325 g/mol. The molecule has 1 amide bonds. The van der Waals surface area contributed by atoms with Crippen molar-refractivity contribution in [3.8, 4) is 5.75 Å². The zero-order valence-corrected chi connectivity index (χ0v) is 14.0. The Bertz CT molecular complexity index is 631. The van der Waals surface area contributed by atoms with E-state index in [9.17, 15) is 9.18 Å². The molecule has 118 valence electrons. The summed E-state index contributed by atoms with van der Waals surface area (Å²) in [6.07, 6.45) is -0.726. The average Bonchev–Trinajstić information content (AvgIpc) is 2.87. The van der Waals surface area contributed by atoms with Crippen molar-refractivity contribution in [1.82, 2.24) is 10.2 Å². The Hall–Kier alpha value is -1.67. The van der Waals surface area contributed by atoms with Crippen LogP contribution in [0.1, 0.15) is 20.8 Å². The highest BCUT2D eigenvalue weighted by Crippen LogP contribution is 2.28. The second-order valence-electron chi connectivity index (χ2n) is 4.74. The normalized spacial score (nSPS) is 12.2. The van der Waals surface area contributed by atoms with Crippen LogP contribution in [0.5, 0.6) is 5.75 Å². The van der Waals surface area contributed by atoms with Gasteiger partial charge in [-0.1, -0.05) is 36.9 Å². The van der Waals surface area contributed by atoms with E-state index in [1.54, 1.807) is 18.7 Å². The lowest BCUT2D eigenvalue weighted by Gasteiger charge is -2.13. The molecule has 8 heteroatoms. The first-order valence-electron chi connectivity index (χ1n) is 6.67. The molecule has 0 aliphatic heterocycles. The summed E-state index contributed by atoms with van der Waals surface area (Å²) in [6.45, 7) is 5.73. The van der Waals surface area contributed by atoms with E-state index < -0.39 is 6.10 Å². The van der Waals surface area contributed by atoms with Gasteiger partial charge < -0.3 is 4.74 Å². The Labute approximate surface area is 136 Å². The first kappa shape index (κ1) is 16.7. The highest BCUT2D eigenvalue weighted by atomic mass is 32.2. The molecule has 0 aliphatic rings. The van der Waals surface area contributed by atoms with Gasteiger partial charge in [0.25, 0.3) is 5.91 Å². The zero-order chi connectivity index (χ0) is 16.1. The van der Waals surface area contributed by atoms with Gasteiger partial charge in [0.2, 0.25) is 5.13 Å². The van der Waals surface area contributed by atoms with Crippen LogP contribution in [0.3, 0.4) is 0 Å². The quantitative estimate of drug-likeness (QED) is 0.643. The third kappa shape index (κ3) is 4.96. The van der Waals surface area contributed by atoms with Crippen LogP contribution in [-0.4, -0.2) is 27.5 Å². The number of aromatic nitrogens is 2. The van der Waals surface area contributed by atoms with Crippen LogP contribution >= 0.6 is 23.1 Å². The van der Waals surface area contributed by atoms with Gasteiger partial charge in [-0.05, 0) is 31.2 Å². The molecule has 0 fully saturated rings. The summed E-state index contributed by atoms with van der Waals surface area (Å²) in [6, 6.07) is 5.50. The molecule has 2 aromatic rings. The smallest absolute Gasteiger partial charge is 0.266 e. The van der Waals surface area contributed by atoms with Crippen molar-refractivity contribution >= 4 is 34.1 Å². The molecule has 5 nitrogen and oxygen atoms in total. The summed E-state index contributed by atoms with van der Waals surface area (Å²) >= 11 is 2.90. The second-order valence-corrected chi connectivity index (χ2v) is 7.54. The predicted octanol–water partition coefficient (Wildman–Crippen LogP) is 3.58. The maximum atomic E-state index is 12.8. The Balaban J connectivity index is 1.90. The molecule has 0 unspecified atom stereocenters. The van der Waals surface area contributed by atoms with Gasteiger partial charge in [0, 0.05) is 5.25 Å². The lowest BCUT2D eigenvalue weighted by Crippen LogP contribution is -2.30. The fourth-order valence-electron chi connectivity index (χ4n) is 1.49. The van der Waals surface area contributed by atoms with Crippen molar-refractivity contribution in [1.29, 1.82) is 0 Å². The van der Waals surface area contributed by atoms with Gasteiger partial charge in [-0.3, -0.25) is 10.1 Å². The number of rotatable bonds is 6. The van der Waals surface area contributed by atoms with Gasteiger partial charge in [0.15, 0.2) is 10.4 Å². The molecule has 0 spiro atoms. The molecule has 0 saturated heterocycles. The Morgan fingerprint density at radius 1 is 1.27 bits per heavy atom. The fraction of sp³-hybridized carbons (Fsp3) is 0.357. The van der Waals surface area contributed by atoms with Crippen LogP contribution in [-0.2, 0) is 4.79 Å². The van der Waals surface area contributed by atoms with Crippen LogP contribution in [0.4, 0.5) is 9.52 Å². The maximum absolute atomic E-state index is 12.8. The van der Waals surface area contributed by atoms with Crippen molar-refractivity contribution < 1.29 is 13.9 Å². The van der Waals surface area contributed by atoms with Gasteiger partial charge in [-0.25, -0.2) is 4.39 Å². The van der Waals surface area contributed by atoms with E-state index in [0.29, 0.717) is 16.1 Å².